The Morgan fingerprint density at radius 2 is 1.78 bits per heavy atom. The minimum atomic E-state index is -0.825. The Hall–Kier alpha value is -4.41. The van der Waals surface area contributed by atoms with E-state index >= 15 is 0 Å². The lowest BCUT2D eigenvalue weighted by Gasteiger charge is -2.26. The van der Waals surface area contributed by atoms with Crippen LogP contribution in [0, 0.1) is 6.92 Å². The second-order valence-electron chi connectivity index (χ2n) is 10.8. The quantitative estimate of drug-likeness (QED) is 0.169. The number of carbonyl (C=O) groups excluding carboxylic acids is 1. The number of fused-ring (bicyclic) bond motifs is 2. The SMILES string of the molecule is CCOC(=O)C1=C(C)N=c2s/c(=C/c3c(C)n(Cc4ccc(Br)cc4)c4ccccc34)c(=O)n2[C@@H]1c1cccc(OC)c1OCC. The summed E-state index contributed by atoms with van der Waals surface area (Å²) in [5, 5.41) is 1.05. The van der Waals surface area contributed by atoms with E-state index in [0.29, 0.717) is 45.2 Å². The van der Waals surface area contributed by atoms with Gasteiger partial charge in [-0.25, -0.2) is 9.79 Å². The van der Waals surface area contributed by atoms with Crippen LogP contribution in [0.15, 0.2) is 92.3 Å². The van der Waals surface area contributed by atoms with E-state index in [4.69, 9.17) is 19.2 Å². The summed E-state index contributed by atoms with van der Waals surface area (Å²) in [6.45, 7) is 8.74. The van der Waals surface area contributed by atoms with E-state index < -0.39 is 12.0 Å². The van der Waals surface area contributed by atoms with Gasteiger partial charge < -0.3 is 18.8 Å². The second-order valence-corrected chi connectivity index (χ2v) is 12.8. The summed E-state index contributed by atoms with van der Waals surface area (Å²) in [7, 11) is 1.57. The van der Waals surface area contributed by atoms with Gasteiger partial charge >= 0.3 is 5.97 Å². The summed E-state index contributed by atoms with van der Waals surface area (Å²) in [5.74, 6) is 0.448. The van der Waals surface area contributed by atoms with Crippen LogP contribution in [0.1, 0.15) is 49.2 Å². The van der Waals surface area contributed by atoms with Crippen LogP contribution < -0.4 is 24.4 Å². The van der Waals surface area contributed by atoms with Crippen molar-refractivity contribution in [2.24, 2.45) is 4.99 Å². The molecule has 0 amide bonds. The summed E-state index contributed by atoms with van der Waals surface area (Å²) in [6, 6.07) is 21.2. The third kappa shape index (κ3) is 5.60. The molecule has 0 radical (unpaired) electrons. The molecule has 236 valence electrons. The molecule has 2 aromatic heterocycles. The number of aromatic nitrogens is 2. The number of allylic oxidation sites excluding steroid dienone is 1. The molecule has 0 saturated carbocycles. The van der Waals surface area contributed by atoms with Crippen molar-refractivity contribution >= 4 is 50.2 Å². The molecule has 0 N–H and O–H groups in total. The molecule has 0 fully saturated rings. The predicted octanol–water partition coefficient (Wildman–Crippen LogP) is 6.28. The van der Waals surface area contributed by atoms with Gasteiger partial charge in [-0.2, -0.15) is 0 Å². The van der Waals surface area contributed by atoms with Crippen molar-refractivity contribution in [3.05, 3.63) is 125 Å². The van der Waals surface area contributed by atoms with Gasteiger partial charge in [0.05, 0.1) is 36.1 Å². The monoisotopic (exact) mass is 699 g/mol. The zero-order valence-electron chi connectivity index (χ0n) is 26.3. The van der Waals surface area contributed by atoms with Gasteiger partial charge in [-0.15, -0.1) is 0 Å². The second kappa shape index (κ2) is 13.1. The molecule has 5 aromatic rings. The van der Waals surface area contributed by atoms with Crippen LogP contribution in [0.5, 0.6) is 11.5 Å². The molecule has 0 saturated heterocycles. The topological polar surface area (TPSA) is 84.1 Å². The Bertz CT molecular complexity index is 2180. The number of rotatable bonds is 9. The molecule has 6 rings (SSSR count). The fourth-order valence-corrected chi connectivity index (χ4v) is 7.33. The average molecular weight is 701 g/mol. The Labute approximate surface area is 279 Å². The molecule has 0 unspecified atom stereocenters. The summed E-state index contributed by atoms with van der Waals surface area (Å²) in [4.78, 5) is 33.2. The van der Waals surface area contributed by atoms with E-state index in [2.05, 4.69) is 51.7 Å². The molecule has 3 heterocycles. The number of hydrogen-bond acceptors (Lipinski definition) is 7. The van der Waals surface area contributed by atoms with Crippen LogP contribution >= 0.6 is 27.3 Å². The lowest BCUT2D eigenvalue weighted by Crippen LogP contribution is -2.40. The fourth-order valence-electron chi connectivity index (χ4n) is 6.04. The van der Waals surface area contributed by atoms with Crippen LogP contribution in [0.4, 0.5) is 0 Å². The molecule has 0 bridgehead atoms. The van der Waals surface area contributed by atoms with Crippen molar-refractivity contribution in [3.8, 4) is 11.5 Å². The van der Waals surface area contributed by atoms with Gasteiger partial charge in [0, 0.05) is 38.7 Å². The van der Waals surface area contributed by atoms with Crippen LogP contribution in [-0.2, 0) is 16.1 Å². The number of halogens is 1. The number of carbonyl (C=O) groups is 1. The molecular weight excluding hydrogens is 666 g/mol. The highest BCUT2D eigenvalue weighted by molar-refractivity contribution is 9.10. The van der Waals surface area contributed by atoms with Crippen LogP contribution in [-0.4, -0.2) is 35.4 Å². The van der Waals surface area contributed by atoms with Gasteiger partial charge in [0.15, 0.2) is 16.3 Å². The Morgan fingerprint density at radius 3 is 2.50 bits per heavy atom. The maximum Gasteiger partial charge on any atom is 0.338 e. The number of methoxy groups -OCH3 is 1. The van der Waals surface area contributed by atoms with Gasteiger partial charge in [-0.1, -0.05) is 69.7 Å². The molecule has 3 aromatic carbocycles. The molecule has 1 atom stereocenters. The predicted molar refractivity (Wildman–Crippen MR) is 184 cm³/mol. The van der Waals surface area contributed by atoms with Crippen molar-refractivity contribution in [2.45, 2.75) is 40.3 Å². The molecule has 1 aliphatic rings. The van der Waals surface area contributed by atoms with Gasteiger partial charge in [-0.3, -0.25) is 9.36 Å². The standard InChI is InChI=1S/C36H34BrN3O5S/c1-6-44-33-26(12-10-14-29(33)43-5)32-31(35(42)45-7-2)21(3)38-36-40(32)34(41)30(46-36)19-27-22(4)39(28-13-9-8-11-25(27)28)20-23-15-17-24(37)18-16-23/h8-19,32H,6-7,20H2,1-5H3/b30-19+/t32-/m1/s1. The van der Waals surface area contributed by atoms with Crippen LogP contribution in [0.2, 0.25) is 0 Å². The minimum Gasteiger partial charge on any atom is -0.493 e. The van der Waals surface area contributed by atoms with Crippen molar-refractivity contribution in [1.29, 1.82) is 0 Å². The Morgan fingerprint density at radius 1 is 1.02 bits per heavy atom. The van der Waals surface area contributed by atoms with Gasteiger partial charge in [-0.05, 0) is 63.6 Å². The average Bonchev–Trinajstić information content (AvgIpc) is 3.50. The van der Waals surface area contributed by atoms with E-state index in [1.807, 2.05) is 49.4 Å². The van der Waals surface area contributed by atoms with E-state index in [9.17, 15) is 9.59 Å². The summed E-state index contributed by atoms with van der Waals surface area (Å²) >= 11 is 4.83. The first-order valence-corrected chi connectivity index (χ1v) is 16.7. The third-order valence-electron chi connectivity index (χ3n) is 8.14. The number of ether oxygens (including phenoxy) is 3. The van der Waals surface area contributed by atoms with E-state index in [1.54, 1.807) is 31.6 Å². The van der Waals surface area contributed by atoms with Crippen molar-refractivity contribution in [2.75, 3.05) is 20.3 Å². The molecule has 10 heteroatoms. The molecule has 46 heavy (non-hydrogen) atoms. The number of esters is 1. The largest absolute Gasteiger partial charge is 0.493 e. The lowest BCUT2D eigenvalue weighted by atomic mass is 9.94. The molecule has 8 nitrogen and oxygen atoms in total. The number of thiazole rings is 1. The summed E-state index contributed by atoms with van der Waals surface area (Å²) in [6.07, 6.45) is 1.95. The lowest BCUT2D eigenvalue weighted by molar-refractivity contribution is -0.139. The number of nitrogens with zero attached hydrogens (tertiary/aromatic N) is 3. The van der Waals surface area contributed by atoms with Gasteiger partial charge in [0.1, 0.15) is 6.04 Å². The summed E-state index contributed by atoms with van der Waals surface area (Å²) in [5.41, 5.74) is 5.40. The first-order valence-electron chi connectivity index (χ1n) is 15.1. The smallest absolute Gasteiger partial charge is 0.338 e. The molecule has 1 aliphatic heterocycles. The number of benzene rings is 3. The van der Waals surface area contributed by atoms with E-state index in [0.717, 1.165) is 26.6 Å². The van der Waals surface area contributed by atoms with Crippen LogP contribution in [0.3, 0.4) is 0 Å². The van der Waals surface area contributed by atoms with Crippen molar-refractivity contribution in [3.63, 3.8) is 0 Å². The number of hydrogen-bond donors (Lipinski definition) is 0. The molecule has 0 aliphatic carbocycles. The highest BCUT2D eigenvalue weighted by Gasteiger charge is 2.36. The molecular formula is C36H34BrN3O5S. The normalized spacial score (nSPS) is 14.7. The first kappa shape index (κ1) is 31.6. The molecule has 0 spiro atoms. The van der Waals surface area contributed by atoms with E-state index in [-0.39, 0.29) is 17.7 Å². The third-order valence-corrected chi connectivity index (χ3v) is 9.65. The zero-order chi connectivity index (χ0) is 32.5. The zero-order valence-corrected chi connectivity index (χ0v) is 28.7. The fraction of sp³-hybridized carbons (Fsp3) is 0.250. The highest BCUT2D eigenvalue weighted by Crippen LogP contribution is 2.41. The Kier molecular flexibility index (Phi) is 9.02. The van der Waals surface area contributed by atoms with Crippen LogP contribution in [0.25, 0.3) is 17.0 Å². The van der Waals surface area contributed by atoms with Gasteiger partial charge in [0.2, 0.25) is 0 Å². The van der Waals surface area contributed by atoms with Crippen molar-refractivity contribution in [1.82, 2.24) is 9.13 Å². The highest BCUT2D eigenvalue weighted by atomic mass is 79.9. The van der Waals surface area contributed by atoms with Gasteiger partial charge in [0.25, 0.3) is 5.56 Å². The minimum absolute atomic E-state index is 0.187. The maximum atomic E-state index is 14.5. The first-order chi connectivity index (χ1) is 22.3. The van der Waals surface area contributed by atoms with E-state index in [1.165, 1.54) is 16.9 Å². The Balaban J connectivity index is 1.57. The van der Waals surface area contributed by atoms with Crippen molar-refractivity contribution < 1.29 is 19.0 Å². The summed E-state index contributed by atoms with van der Waals surface area (Å²) < 4.78 is 22.6. The number of para-hydroxylation sites is 2. The maximum absolute atomic E-state index is 14.5.